The molecule has 0 bridgehead atoms. The zero-order valence-electron chi connectivity index (χ0n) is 23.5. The molecule has 208 valence electrons. The number of hydrogen-bond donors (Lipinski definition) is 1. The molecule has 2 N–H and O–H groups in total. The number of unbranched alkanes of at least 4 members (excludes halogenated alkanes) is 14. The molecule has 0 aliphatic rings. The summed E-state index contributed by atoms with van der Waals surface area (Å²) in [5.74, 6) is 0. The van der Waals surface area contributed by atoms with Crippen LogP contribution in [0.2, 0.25) is 0 Å². The van der Waals surface area contributed by atoms with Crippen molar-refractivity contribution in [1.82, 2.24) is 0 Å². The number of quaternary nitrogens is 1. The van der Waals surface area contributed by atoms with E-state index < -0.39 is 10.1 Å². The van der Waals surface area contributed by atoms with E-state index in [1.807, 2.05) is 41.7 Å². The van der Waals surface area contributed by atoms with Gasteiger partial charge < -0.3 is 4.55 Å². The Bertz CT molecular complexity index is 973. The van der Waals surface area contributed by atoms with Crippen LogP contribution in [0.3, 0.4) is 0 Å². The molecule has 0 saturated carbocycles. The van der Waals surface area contributed by atoms with E-state index in [0.29, 0.717) is 5.69 Å². The molecule has 0 radical (unpaired) electrons. The highest BCUT2D eigenvalue weighted by atomic mass is 32.2. The second kappa shape index (κ2) is 18.5. The Kier molecular flexibility index (Phi) is 15.8. The first-order valence-electron chi connectivity index (χ1n) is 15.0. The molecule has 4 nitrogen and oxygen atoms in total. The molecule has 5 heteroatoms. The molecular weight excluding hydrogens is 478 g/mol. The first-order chi connectivity index (χ1) is 18.0. The molecular formula is C32H51NO3S. The monoisotopic (exact) mass is 529 g/mol. The third-order valence-corrected chi connectivity index (χ3v) is 8.27. The van der Waals surface area contributed by atoms with Gasteiger partial charge in [0, 0.05) is 5.56 Å². The van der Waals surface area contributed by atoms with Crippen LogP contribution in [0.1, 0.15) is 128 Å². The van der Waals surface area contributed by atoms with E-state index in [2.05, 4.69) is 13.8 Å². The quantitative estimate of drug-likeness (QED) is 0.100. The van der Waals surface area contributed by atoms with Crippen molar-refractivity contribution in [2.24, 2.45) is 0 Å². The Hall–Kier alpha value is -1.69. The zero-order valence-corrected chi connectivity index (χ0v) is 24.3. The van der Waals surface area contributed by atoms with Crippen LogP contribution in [0.25, 0.3) is 0 Å². The molecule has 2 aromatic carbocycles. The van der Waals surface area contributed by atoms with Crippen LogP contribution in [0, 0.1) is 0 Å². The maximum atomic E-state index is 12.2. The minimum absolute atomic E-state index is 0.0782. The van der Waals surface area contributed by atoms with Crippen molar-refractivity contribution in [3.63, 3.8) is 0 Å². The van der Waals surface area contributed by atoms with E-state index in [-0.39, 0.29) is 4.90 Å². The predicted molar refractivity (Wildman–Crippen MR) is 155 cm³/mol. The minimum Gasteiger partial charge on any atom is -0.744 e. The first-order valence-corrected chi connectivity index (χ1v) is 16.4. The van der Waals surface area contributed by atoms with Crippen LogP contribution < -0.4 is 5.32 Å². The normalized spacial score (nSPS) is 11.8. The lowest BCUT2D eigenvalue weighted by molar-refractivity contribution is -0.482. The second-order valence-corrected chi connectivity index (χ2v) is 11.9. The van der Waals surface area contributed by atoms with Crippen molar-refractivity contribution in [3.8, 4) is 0 Å². The summed E-state index contributed by atoms with van der Waals surface area (Å²) in [7, 11) is -4.56. The van der Waals surface area contributed by atoms with Crippen molar-refractivity contribution in [2.75, 3.05) is 0 Å². The summed E-state index contributed by atoms with van der Waals surface area (Å²) >= 11 is 0. The van der Waals surface area contributed by atoms with E-state index in [4.69, 9.17) is 0 Å². The minimum atomic E-state index is -4.56. The Morgan fingerprint density at radius 2 is 1.11 bits per heavy atom. The molecule has 0 aromatic heterocycles. The highest BCUT2D eigenvalue weighted by molar-refractivity contribution is 7.85. The van der Waals surface area contributed by atoms with E-state index in [0.717, 1.165) is 43.4 Å². The lowest BCUT2D eigenvalue weighted by atomic mass is 9.94. The molecule has 0 aliphatic heterocycles. The van der Waals surface area contributed by atoms with Gasteiger partial charge in [-0.25, -0.2) is 8.42 Å². The lowest BCUT2D eigenvalue weighted by Gasteiger charge is -2.18. The van der Waals surface area contributed by atoms with Crippen molar-refractivity contribution >= 4 is 21.5 Å². The van der Waals surface area contributed by atoms with Crippen molar-refractivity contribution in [2.45, 2.75) is 134 Å². The molecule has 0 atom stereocenters. The van der Waals surface area contributed by atoms with Crippen LogP contribution in [0.4, 0.5) is 11.4 Å². The number of benzene rings is 2. The maximum absolute atomic E-state index is 12.2. The van der Waals surface area contributed by atoms with Gasteiger partial charge in [-0.1, -0.05) is 128 Å². The lowest BCUT2D eigenvalue weighted by Crippen LogP contribution is -2.72. The first kappa shape index (κ1) is 31.5. The summed E-state index contributed by atoms with van der Waals surface area (Å²) in [6.45, 7) is 4.49. The molecule has 37 heavy (non-hydrogen) atoms. The van der Waals surface area contributed by atoms with Crippen LogP contribution >= 0.6 is 0 Å². The van der Waals surface area contributed by atoms with Gasteiger partial charge in [0.25, 0.3) is 0 Å². The van der Waals surface area contributed by atoms with Crippen molar-refractivity contribution < 1.29 is 18.3 Å². The van der Waals surface area contributed by atoms with E-state index >= 15 is 0 Å². The van der Waals surface area contributed by atoms with E-state index in [1.54, 1.807) is 6.07 Å². The largest absolute Gasteiger partial charge is 0.744 e. The Labute approximate surface area is 227 Å². The van der Waals surface area contributed by atoms with Gasteiger partial charge in [-0.15, -0.1) is 0 Å². The topological polar surface area (TPSA) is 73.8 Å². The van der Waals surface area contributed by atoms with E-state index in [1.165, 1.54) is 89.0 Å². The fourth-order valence-electron chi connectivity index (χ4n) is 5.19. The standard InChI is InChI=1S/C32H51NO3S/c1-3-5-7-9-11-13-15-18-22-28-26-27-31(37(34,35)36)32(33-29-23-19-17-20-24-29)30(28)25-21-16-14-12-10-8-6-4-2/h17,19-20,23-24,26-27,33H,3-16,18,21-22,25H2,1-2H3,(H,34,35,36). The Morgan fingerprint density at radius 3 is 1.62 bits per heavy atom. The Balaban J connectivity index is 2.13. The van der Waals surface area contributed by atoms with Gasteiger partial charge in [-0.3, -0.25) is 5.32 Å². The molecule has 2 rings (SSSR count). The maximum Gasteiger partial charge on any atom is 0.155 e. The van der Waals surface area contributed by atoms with Gasteiger partial charge >= 0.3 is 0 Å². The predicted octanol–water partition coefficient (Wildman–Crippen LogP) is 8.48. The number of rotatable bonds is 21. The second-order valence-electron chi connectivity index (χ2n) is 10.6. The third-order valence-electron chi connectivity index (χ3n) is 7.37. The summed E-state index contributed by atoms with van der Waals surface area (Å²) in [5.41, 5.74) is 3.81. The van der Waals surface area contributed by atoms with Gasteiger partial charge in [0.1, 0.15) is 20.7 Å². The summed E-state index contributed by atoms with van der Waals surface area (Å²) in [6, 6.07) is 13.2. The van der Waals surface area contributed by atoms with Crippen LogP contribution in [-0.2, 0) is 23.0 Å². The average molecular weight is 530 g/mol. The molecule has 2 aromatic rings. The van der Waals surface area contributed by atoms with Gasteiger partial charge in [0.2, 0.25) is 0 Å². The number of hydrogen-bond acceptors (Lipinski definition) is 3. The number of para-hydroxylation sites is 1. The van der Waals surface area contributed by atoms with Gasteiger partial charge in [0.15, 0.2) is 5.69 Å². The fraction of sp³-hybridized carbons (Fsp3) is 0.625. The van der Waals surface area contributed by atoms with Gasteiger partial charge in [-0.05, 0) is 49.4 Å². The highest BCUT2D eigenvalue weighted by Gasteiger charge is 2.21. The van der Waals surface area contributed by atoms with Crippen LogP contribution in [0.15, 0.2) is 47.4 Å². The van der Waals surface area contributed by atoms with Crippen molar-refractivity contribution in [3.05, 3.63) is 53.6 Å². The van der Waals surface area contributed by atoms with Gasteiger partial charge in [0.05, 0.1) is 0 Å². The third kappa shape index (κ3) is 12.6. The molecule has 0 saturated heterocycles. The molecule has 0 amide bonds. The number of nitrogens with two attached hydrogens (primary N) is 1. The fourth-order valence-corrected chi connectivity index (χ4v) is 5.88. The SMILES string of the molecule is CCCCCCCCCCc1ccc(S(=O)(=O)[O-])c([NH2+]c2ccccc2)c1CCCCCCCCCC. The molecule has 0 spiro atoms. The van der Waals surface area contributed by atoms with Crippen LogP contribution in [-0.4, -0.2) is 13.0 Å². The average Bonchev–Trinajstić information content (AvgIpc) is 2.88. The molecule has 0 fully saturated rings. The summed E-state index contributed by atoms with van der Waals surface area (Å²) in [5, 5.41) is 1.90. The Morgan fingerprint density at radius 1 is 0.622 bits per heavy atom. The summed E-state index contributed by atoms with van der Waals surface area (Å²) in [4.78, 5) is -0.0782. The molecule has 0 heterocycles. The number of aryl methyl sites for hydroxylation is 1. The molecule has 0 unspecified atom stereocenters. The smallest absolute Gasteiger partial charge is 0.155 e. The van der Waals surface area contributed by atoms with Crippen LogP contribution in [0.5, 0.6) is 0 Å². The molecule has 0 aliphatic carbocycles. The highest BCUT2D eigenvalue weighted by Crippen LogP contribution is 2.29. The summed E-state index contributed by atoms with van der Waals surface area (Å²) in [6.07, 6.45) is 21.7. The van der Waals surface area contributed by atoms with E-state index in [9.17, 15) is 13.0 Å². The van der Waals surface area contributed by atoms with Gasteiger partial charge in [-0.2, -0.15) is 0 Å². The van der Waals surface area contributed by atoms with Crippen molar-refractivity contribution in [1.29, 1.82) is 0 Å². The summed E-state index contributed by atoms with van der Waals surface area (Å²) < 4.78 is 36.7. The zero-order chi connectivity index (χ0) is 26.8.